The molecule has 2 heterocycles. The minimum absolute atomic E-state index is 0.0244. The number of ether oxygens (including phenoxy) is 3. The molecule has 1 saturated heterocycles. The number of carbonyl (C=O) groups is 3. The van der Waals surface area contributed by atoms with E-state index in [0.717, 1.165) is 17.7 Å². The second-order valence-electron chi connectivity index (χ2n) is 4.53. The van der Waals surface area contributed by atoms with Crippen LogP contribution in [0.1, 0.15) is 19.8 Å². The average Bonchev–Trinajstić information content (AvgIpc) is 3.01. The summed E-state index contributed by atoms with van der Waals surface area (Å²) < 4.78 is 15.6. The van der Waals surface area contributed by atoms with Gasteiger partial charge in [0.1, 0.15) is 0 Å². The molecule has 7 nitrogen and oxygen atoms in total. The largest absolute Gasteiger partial charge is 0.464 e. The third-order valence-corrected chi connectivity index (χ3v) is 2.99. The predicted octanol–water partition coefficient (Wildman–Crippen LogP) is -0.00380. The van der Waals surface area contributed by atoms with Crippen LogP contribution in [0.25, 0.3) is 0 Å². The van der Waals surface area contributed by atoms with Crippen LogP contribution in [0.15, 0.2) is 12.2 Å². The first kappa shape index (κ1) is 14.7. The van der Waals surface area contributed by atoms with Gasteiger partial charge < -0.3 is 14.2 Å². The summed E-state index contributed by atoms with van der Waals surface area (Å²) in [6, 6.07) is 0. The number of unbranched alkanes of at least 4 members (excludes halogenated alkanes) is 1. The van der Waals surface area contributed by atoms with Crippen molar-refractivity contribution in [2.24, 2.45) is 0 Å². The monoisotopic (exact) mass is 283 g/mol. The molecule has 2 amide bonds. The molecule has 20 heavy (non-hydrogen) atoms. The van der Waals surface area contributed by atoms with E-state index in [-0.39, 0.29) is 13.2 Å². The van der Waals surface area contributed by atoms with Crippen LogP contribution in [0.5, 0.6) is 0 Å². The highest BCUT2D eigenvalue weighted by molar-refractivity contribution is 6.12. The van der Waals surface area contributed by atoms with Gasteiger partial charge >= 0.3 is 5.97 Å². The Labute approximate surface area is 116 Å². The zero-order valence-electron chi connectivity index (χ0n) is 11.2. The van der Waals surface area contributed by atoms with E-state index in [1.54, 1.807) is 0 Å². The van der Waals surface area contributed by atoms with E-state index in [9.17, 15) is 14.4 Å². The maximum Gasteiger partial charge on any atom is 0.337 e. The Morgan fingerprint density at radius 1 is 1.40 bits per heavy atom. The molecule has 2 aliphatic rings. The van der Waals surface area contributed by atoms with Crippen LogP contribution in [0, 0.1) is 0 Å². The molecule has 0 aromatic carbocycles. The molecule has 1 fully saturated rings. The van der Waals surface area contributed by atoms with Gasteiger partial charge in [-0.1, -0.05) is 13.3 Å². The van der Waals surface area contributed by atoms with Crippen LogP contribution in [0.3, 0.4) is 0 Å². The standard InChI is InChI=1S/C13H17NO6/c1-2-3-6-18-13(17)9-8-19-12(20-9)7-14-10(15)4-5-11(14)16/h4-5,9,12H,2-3,6-8H2,1H3. The molecule has 2 aliphatic heterocycles. The van der Waals surface area contributed by atoms with Gasteiger partial charge in [-0.25, -0.2) is 4.79 Å². The smallest absolute Gasteiger partial charge is 0.337 e. The van der Waals surface area contributed by atoms with E-state index < -0.39 is 30.2 Å². The van der Waals surface area contributed by atoms with Crippen molar-refractivity contribution in [1.29, 1.82) is 0 Å². The lowest BCUT2D eigenvalue weighted by Gasteiger charge is -2.17. The highest BCUT2D eigenvalue weighted by Gasteiger charge is 2.36. The van der Waals surface area contributed by atoms with Crippen molar-refractivity contribution in [3.63, 3.8) is 0 Å². The Balaban J connectivity index is 1.76. The summed E-state index contributed by atoms with van der Waals surface area (Å²) in [5, 5.41) is 0. The van der Waals surface area contributed by atoms with Crippen molar-refractivity contribution in [3.05, 3.63) is 12.2 Å². The van der Waals surface area contributed by atoms with E-state index in [4.69, 9.17) is 14.2 Å². The maximum absolute atomic E-state index is 11.6. The van der Waals surface area contributed by atoms with Crippen LogP contribution < -0.4 is 0 Å². The molecule has 0 saturated carbocycles. The Kier molecular flexibility index (Phi) is 4.86. The van der Waals surface area contributed by atoms with Crippen molar-refractivity contribution in [1.82, 2.24) is 4.90 Å². The molecular formula is C13H17NO6. The van der Waals surface area contributed by atoms with Crippen LogP contribution in [-0.2, 0) is 28.6 Å². The lowest BCUT2D eigenvalue weighted by molar-refractivity contribution is -0.159. The van der Waals surface area contributed by atoms with Gasteiger partial charge in [0.2, 0.25) is 0 Å². The predicted molar refractivity (Wildman–Crippen MR) is 66.3 cm³/mol. The molecule has 7 heteroatoms. The van der Waals surface area contributed by atoms with Crippen molar-refractivity contribution in [2.75, 3.05) is 19.8 Å². The summed E-state index contributed by atoms with van der Waals surface area (Å²) in [4.78, 5) is 35.4. The van der Waals surface area contributed by atoms with Crippen molar-refractivity contribution >= 4 is 17.8 Å². The molecule has 0 aromatic heterocycles. The molecule has 2 unspecified atom stereocenters. The second kappa shape index (κ2) is 6.62. The fourth-order valence-electron chi connectivity index (χ4n) is 1.85. The molecule has 110 valence electrons. The fourth-order valence-corrected chi connectivity index (χ4v) is 1.85. The lowest BCUT2D eigenvalue weighted by atomic mass is 10.3. The van der Waals surface area contributed by atoms with Crippen LogP contribution >= 0.6 is 0 Å². The Morgan fingerprint density at radius 2 is 2.10 bits per heavy atom. The number of nitrogens with zero attached hydrogens (tertiary/aromatic N) is 1. The van der Waals surface area contributed by atoms with Crippen molar-refractivity contribution in [3.8, 4) is 0 Å². The number of carbonyl (C=O) groups excluding carboxylic acids is 3. The van der Waals surface area contributed by atoms with E-state index in [2.05, 4.69) is 0 Å². The molecule has 2 atom stereocenters. The van der Waals surface area contributed by atoms with E-state index in [1.165, 1.54) is 12.2 Å². The van der Waals surface area contributed by atoms with Crippen LogP contribution in [0.2, 0.25) is 0 Å². The minimum Gasteiger partial charge on any atom is -0.464 e. The molecule has 0 aromatic rings. The van der Waals surface area contributed by atoms with Crippen LogP contribution in [0.4, 0.5) is 0 Å². The van der Waals surface area contributed by atoms with Gasteiger partial charge in [0.25, 0.3) is 11.8 Å². The molecule has 0 spiro atoms. The number of hydrogen-bond acceptors (Lipinski definition) is 6. The van der Waals surface area contributed by atoms with E-state index >= 15 is 0 Å². The van der Waals surface area contributed by atoms with Crippen molar-refractivity contribution in [2.45, 2.75) is 32.2 Å². The highest BCUT2D eigenvalue weighted by atomic mass is 16.7. The molecule has 0 N–H and O–H groups in total. The maximum atomic E-state index is 11.6. The van der Waals surface area contributed by atoms with Gasteiger partial charge in [-0.05, 0) is 6.42 Å². The third kappa shape index (κ3) is 3.43. The summed E-state index contributed by atoms with van der Waals surface area (Å²) in [6.07, 6.45) is 2.53. The first-order valence-corrected chi connectivity index (χ1v) is 6.59. The summed E-state index contributed by atoms with van der Waals surface area (Å²) in [5.74, 6) is -1.29. The van der Waals surface area contributed by atoms with Gasteiger partial charge in [-0.2, -0.15) is 0 Å². The number of hydrogen-bond donors (Lipinski definition) is 0. The molecule has 0 bridgehead atoms. The van der Waals surface area contributed by atoms with E-state index in [1.807, 2.05) is 6.92 Å². The van der Waals surface area contributed by atoms with Crippen LogP contribution in [-0.4, -0.2) is 54.8 Å². The van der Waals surface area contributed by atoms with Gasteiger partial charge in [-0.15, -0.1) is 0 Å². The average molecular weight is 283 g/mol. The van der Waals surface area contributed by atoms with E-state index in [0.29, 0.717) is 6.61 Å². The normalized spacial score (nSPS) is 25.6. The SMILES string of the molecule is CCCCOC(=O)C1COC(CN2C(=O)C=CC2=O)O1. The molecule has 2 rings (SSSR count). The van der Waals surface area contributed by atoms with Gasteiger partial charge in [0.05, 0.1) is 19.8 Å². The van der Waals surface area contributed by atoms with Gasteiger partial charge in [0.15, 0.2) is 12.4 Å². The zero-order valence-corrected chi connectivity index (χ0v) is 11.2. The lowest BCUT2D eigenvalue weighted by Crippen LogP contribution is -2.38. The number of amides is 2. The highest BCUT2D eigenvalue weighted by Crippen LogP contribution is 2.16. The summed E-state index contributed by atoms with van der Waals surface area (Å²) >= 11 is 0. The summed E-state index contributed by atoms with van der Waals surface area (Å²) in [5.41, 5.74) is 0. The minimum atomic E-state index is -0.794. The third-order valence-electron chi connectivity index (χ3n) is 2.99. The Bertz CT molecular complexity index is 415. The van der Waals surface area contributed by atoms with Crippen molar-refractivity contribution < 1.29 is 28.6 Å². The zero-order chi connectivity index (χ0) is 14.5. The topological polar surface area (TPSA) is 82.1 Å². The first-order chi connectivity index (χ1) is 9.61. The quantitative estimate of drug-likeness (QED) is 0.387. The Hall–Kier alpha value is -1.73. The fraction of sp³-hybridized carbons (Fsp3) is 0.615. The summed E-state index contributed by atoms with van der Waals surface area (Å²) in [7, 11) is 0. The molecule has 0 aliphatic carbocycles. The number of rotatable bonds is 6. The number of esters is 1. The molecular weight excluding hydrogens is 266 g/mol. The van der Waals surface area contributed by atoms with Gasteiger partial charge in [0, 0.05) is 12.2 Å². The van der Waals surface area contributed by atoms with Gasteiger partial charge in [-0.3, -0.25) is 14.5 Å². The Morgan fingerprint density at radius 3 is 2.75 bits per heavy atom. The first-order valence-electron chi connectivity index (χ1n) is 6.59. The molecule has 0 radical (unpaired) electrons. The second-order valence-corrected chi connectivity index (χ2v) is 4.53. The summed E-state index contributed by atoms with van der Waals surface area (Å²) in [6.45, 7) is 2.40. The number of imide groups is 1.